The first-order chi connectivity index (χ1) is 7.50. The topological polar surface area (TPSA) is 46.2 Å². The fraction of sp³-hybridized carbons (Fsp3) is 0.455. The summed E-state index contributed by atoms with van der Waals surface area (Å²) in [6.45, 7) is 0. The van der Waals surface area contributed by atoms with Crippen LogP contribution in [-0.4, -0.2) is 5.11 Å². The molecule has 0 aliphatic heterocycles. The van der Waals surface area contributed by atoms with E-state index in [1.807, 2.05) is 0 Å². The molecular weight excluding hydrogens is 255 g/mol. The second-order valence-corrected chi connectivity index (χ2v) is 4.20. The molecule has 0 saturated heterocycles. The molecule has 1 aromatic rings. The SMILES string of the molecule is Cl.N[C@@H](CC1CC1)c1c(O)cc(F)c(F)c1F. The van der Waals surface area contributed by atoms with Crippen molar-refractivity contribution in [1.29, 1.82) is 0 Å². The predicted molar refractivity (Wildman–Crippen MR) is 59.5 cm³/mol. The zero-order chi connectivity index (χ0) is 11.9. The van der Waals surface area contributed by atoms with Gasteiger partial charge in [-0.1, -0.05) is 12.8 Å². The number of phenolic OH excluding ortho intramolecular Hbond substituents is 1. The van der Waals surface area contributed by atoms with Crippen molar-refractivity contribution in [2.75, 3.05) is 0 Å². The Bertz CT molecular complexity index is 424. The Morgan fingerprint density at radius 2 is 1.88 bits per heavy atom. The summed E-state index contributed by atoms with van der Waals surface area (Å²) in [5.74, 6) is -4.59. The van der Waals surface area contributed by atoms with Crippen LogP contribution in [0, 0.1) is 23.4 Å². The monoisotopic (exact) mass is 267 g/mol. The summed E-state index contributed by atoms with van der Waals surface area (Å²) in [6.07, 6.45) is 2.51. The van der Waals surface area contributed by atoms with Gasteiger partial charge in [0.05, 0.1) is 0 Å². The largest absolute Gasteiger partial charge is 0.507 e. The van der Waals surface area contributed by atoms with Crippen molar-refractivity contribution in [2.45, 2.75) is 25.3 Å². The maximum atomic E-state index is 13.4. The van der Waals surface area contributed by atoms with Crippen LogP contribution in [0.25, 0.3) is 0 Å². The molecule has 1 fully saturated rings. The van der Waals surface area contributed by atoms with E-state index < -0.39 is 29.2 Å². The highest BCUT2D eigenvalue weighted by Crippen LogP contribution is 2.39. The summed E-state index contributed by atoms with van der Waals surface area (Å²) in [5, 5.41) is 9.37. The standard InChI is InChI=1S/C11H12F3NO.ClH/c12-6-4-8(16)9(11(14)10(6)13)7(15)3-5-1-2-5;/h4-5,7,16H,1-3,15H2;1H/t7-;/m0./s1. The number of phenols is 1. The van der Waals surface area contributed by atoms with E-state index in [1.165, 1.54) is 0 Å². The third-order valence-electron chi connectivity index (χ3n) is 2.83. The maximum absolute atomic E-state index is 13.4. The van der Waals surface area contributed by atoms with E-state index in [-0.39, 0.29) is 18.0 Å². The highest BCUT2D eigenvalue weighted by atomic mass is 35.5. The van der Waals surface area contributed by atoms with E-state index in [0.29, 0.717) is 18.4 Å². The van der Waals surface area contributed by atoms with Crippen molar-refractivity contribution >= 4 is 12.4 Å². The summed E-state index contributed by atoms with van der Waals surface area (Å²) in [4.78, 5) is 0. The number of hydrogen-bond donors (Lipinski definition) is 2. The Morgan fingerprint density at radius 3 is 2.41 bits per heavy atom. The minimum Gasteiger partial charge on any atom is -0.507 e. The highest BCUT2D eigenvalue weighted by Gasteiger charge is 2.29. The van der Waals surface area contributed by atoms with Crippen molar-refractivity contribution in [1.82, 2.24) is 0 Å². The van der Waals surface area contributed by atoms with Crippen LogP contribution in [0.1, 0.15) is 30.9 Å². The van der Waals surface area contributed by atoms with Gasteiger partial charge in [-0.2, -0.15) is 0 Å². The van der Waals surface area contributed by atoms with E-state index in [0.717, 1.165) is 12.8 Å². The summed E-state index contributed by atoms with van der Waals surface area (Å²) in [6, 6.07) is -0.233. The summed E-state index contributed by atoms with van der Waals surface area (Å²) >= 11 is 0. The van der Waals surface area contributed by atoms with E-state index in [4.69, 9.17) is 5.73 Å². The molecule has 2 nitrogen and oxygen atoms in total. The number of aromatic hydroxyl groups is 1. The van der Waals surface area contributed by atoms with Gasteiger partial charge < -0.3 is 10.8 Å². The Morgan fingerprint density at radius 1 is 1.29 bits per heavy atom. The van der Waals surface area contributed by atoms with Crippen LogP contribution in [0.5, 0.6) is 5.75 Å². The van der Waals surface area contributed by atoms with Crippen LogP contribution in [0.4, 0.5) is 13.2 Å². The van der Waals surface area contributed by atoms with Crippen molar-refractivity contribution in [3.63, 3.8) is 0 Å². The molecule has 1 aliphatic rings. The minimum atomic E-state index is -1.58. The van der Waals surface area contributed by atoms with Gasteiger partial charge in [0.15, 0.2) is 17.5 Å². The molecule has 0 aromatic heterocycles. The average molecular weight is 268 g/mol. The van der Waals surface area contributed by atoms with Gasteiger partial charge in [-0.05, 0) is 12.3 Å². The Hall–Kier alpha value is -0.940. The van der Waals surface area contributed by atoms with E-state index in [9.17, 15) is 18.3 Å². The van der Waals surface area contributed by atoms with E-state index in [2.05, 4.69) is 0 Å². The Kier molecular flexibility index (Phi) is 4.27. The van der Waals surface area contributed by atoms with Gasteiger partial charge >= 0.3 is 0 Å². The van der Waals surface area contributed by atoms with E-state index >= 15 is 0 Å². The lowest BCUT2D eigenvalue weighted by Crippen LogP contribution is -2.14. The zero-order valence-electron chi connectivity index (χ0n) is 8.92. The van der Waals surface area contributed by atoms with Crippen molar-refractivity contribution in [2.24, 2.45) is 11.7 Å². The molecule has 1 atom stereocenters. The molecule has 1 aromatic carbocycles. The highest BCUT2D eigenvalue weighted by molar-refractivity contribution is 5.85. The van der Waals surface area contributed by atoms with Gasteiger partial charge in [0, 0.05) is 17.7 Å². The molecule has 1 aliphatic carbocycles. The lowest BCUT2D eigenvalue weighted by Gasteiger charge is -2.14. The molecule has 0 amide bonds. The lowest BCUT2D eigenvalue weighted by molar-refractivity contribution is 0.396. The van der Waals surface area contributed by atoms with Gasteiger partial charge in [0.25, 0.3) is 0 Å². The van der Waals surface area contributed by atoms with Gasteiger partial charge in [0.2, 0.25) is 0 Å². The van der Waals surface area contributed by atoms with Crippen molar-refractivity contribution in [3.05, 3.63) is 29.1 Å². The number of hydrogen-bond acceptors (Lipinski definition) is 2. The molecule has 2 rings (SSSR count). The Balaban J connectivity index is 0.00000144. The smallest absolute Gasteiger partial charge is 0.195 e. The van der Waals surface area contributed by atoms with Crippen LogP contribution in [0.2, 0.25) is 0 Å². The van der Waals surface area contributed by atoms with Crippen molar-refractivity contribution < 1.29 is 18.3 Å². The molecule has 0 radical (unpaired) electrons. The average Bonchev–Trinajstić information content (AvgIpc) is 2.98. The molecule has 17 heavy (non-hydrogen) atoms. The first-order valence-electron chi connectivity index (χ1n) is 5.12. The summed E-state index contributed by atoms with van der Waals surface area (Å²) in [5.41, 5.74) is 5.34. The zero-order valence-corrected chi connectivity index (χ0v) is 9.74. The normalized spacial score (nSPS) is 16.5. The first-order valence-corrected chi connectivity index (χ1v) is 5.12. The molecule has 6 heteroatoms. The summed E-state index contributed by atoms with van der Waals surface area (Å²) in [7, 11) is 0. The van der Waals surface area contributed by atoms with Crippen LogP contribution < -0.4 is 5.73 Å². The fourth-order valence-electron chi connectivity index (χ4n) is 1.78. The molecular formula is C11H13ClF3NO. The third kappa shape index (κ3) is 2.84. The van der Waals surface area contributed by atoms with Gasteiger partial charge in [-0.3, -0.25) is 0 Å². The second-order valence-electron chi connectivity index (χ2n) is 4.20. The first kappa shape index (κ1) is 14.1. The minimum absolute atomic E-state index is 0. The molecule has 0 bridgehead atoms. The van der Waals surface area contributed by atoms with Gasteiger partial charge in [-0.15, -0.1) is 12.4 Å². The van der Waals surface area contributed by atoms with Gasteiger partial charge in [-0.25, -0.2) is 13.2 Å². The second kappa shape index (κ2) is 5.14. The molecule has 1 saturated carbocycles. The fourth-order valence-corrected chi connectivity index (χ4v) is 1.78. The number of nitrogens with two attached hydrogens (primary N) is 1. The molecule has 0 spiro atoms. The quantitative estimate of drug-likeness (QED) is 0.827. The summed E-state index contributed by atoms with van der Waals surface area (Å²) < 4.78 is 39.1. The van der Waals surface area contributed by atoms with Crippen molar-refractivity contribution in [3.8, 4) is 5.75 Å². The molecule has 3 N–H and O–H groups in total. The van der Waals surface area contributed by atoms with Crippen LogP contribution in [-0.2, 0) is 0 Å². The number of benzene rings is 1. The van der Waals surface area contributed by atoms with Gasteiger partial charge in [0.1, 0.15) is 5.75 Å². The Labute approximate surface area is 103 Å². The van der Waals surface area contributed by atoms with Crippen LogP contribution in [0.15, 0.2) is 6.07 Å². The molecule has 0 heterocycles. The van der Waals surface area contributed by atoms with Crippen LogP contribution >= 0.6 is 12.4 Å². The molecule has 96 valence electrons. The molecule has 0 unspecified atom stereocenters. The predicted octanol–water partition coefficient (Wildman–Crippen LogP) is 3.03. The van der Waals surface area contributed by atoms with E-state index in [1.54, 1.807) is 0 Å². The maximum Gasteiger partial charge on any atom is 0.195 e. The van der Waals surface area contributed by atoms with Crippen LogP contribution in [0.3, 0.4) is 0 Å². The lowest BCUT2D eigenvalue weighted by atomic mass is 10.00. The number of halogens is 4. The number of rotatable bonds is 3. The third-order valence-corrected chi connectivity index (χ3v) is 2.83.